The average Bonchev–Trinajstić information content (AvgIpc) is 2.68. The molecule has 0 aliphatic heterocycles. The van der Waals surface area contributed by atoms with Gasteiger partial charge in [-0.25, -0.2) is 0 Å². The number of carbonyl (C=O) groups excluding carboxylic acids is 2. The minimum absolute atomic E-state index is 0.127. The molecule has 0 fully saturated rings. The molecule has 6 heteroatoms. The zero-order valence-electron chi connectivity index (χ0n) is 15.5. The first-order chi connectivity index (χ1) is 12.6. The van der Waals surface area contributed by atoms with Crippen molar-refractivity contribution in [3.63, 3.8) is 0 Å². The zero-order chi connectivity index (χ0) is 19.1. The van der Waals surface area contributed by atoms with Gasteiger partial charge in [0.05, 0.1) is 25.5 Å². The van der Waals surface area contributed by atoms with Crippen LogP contribution < -0.4 is 14.8 Å². The van der Waals surface area contributed by atoms with E-state index < -0.39 is 5.91 Å². The Morgan fingerprint density at radius 1 is 0.923 bits per heavy atom. The van der Waals surface area contributed by atoms with E-state index in [0.717, 1.165) is 0 Å². The van der Waals surface area contributed by atoms with Crippen molar-refractivity contribution in [1.82, 2.24) is 4.90 Å². The topological polar surface area (TPSA) is 67.9 Å². The van der Waals surface area contributed by atoms with Crippen LogP contribution >= 0.6 is 0 Å². The molecule has 0 unspecified atom stereocenters. The molecule has 0 radical (unpaired) electrons. The van der Waals surface area contributed by atoms with Gasteiger partial charge in [0.1, 0.15) is 17.1 Å². The molecule has 0 atom stereocenters. The van der Waals surface area contributed by atoms with E-state index in [4.69, 9.17) is 9.47 Å². The molecule has 0 heterocycles. The van der Waals surface area contributed by atoms with Crippen LogP contribution in [0.4, 0.5) is 5.69 Å². The fourth-order valence-corrected chi connectivity index (χ4v) is 2.72. The van der Waals surface area contributed by atoms with E-state index in [-0.39, 0.29) is 11.5 Å². The number of amides is 2. The number of para-hydroxylation sites is 1. The molecule has 2 rings (SSSR count). The first kappa shape index (κ1) is 19.3. The summed E-state index contributed by atoms with van der Waals surface area (Å²) < 4.78 is 10.6. The monoisotopic (exact) mass is 356 g/mol. The number of methoxy groups -OCH3 is 2. The molecule has 6 nitrogen and oxygen atoms in total. The van der Waals surface area contributed by atoms with Crippen LogP contribution in [0.5, 0.6) is 11.5 Å². The van der Waals surface area contributed by atoms with Gasteiger partial charge in [0, 0.05) is 13.1 Å². The smallest absolute Gasteiger partial charge is 0.263 e. The summed E-state index contributed by atoms with van der Waals surface area (Å²) in [6, 6.07) is 12.1. The normalized spacial score (nSPS) is 10.2. The van der Waals surface area contributed by atoms with Crippen molar-refractivity contribution in [3.8, 4) is 11.5 Å². The highest BCUT2D eigenvalue weighted by atomic mass is 16.5. The Balaban J connectivity index is 2.39. The molecule has 0 aromatic heterocycles. The summed E-state index contributed by atoms with van der Waals surface area (Å²) in [6.07, 6.45) is 0. The summed E-state index contributed by atoms with van der Waals surface area (Å²) in [5, 5.41) is 2.81. The lowest BCUT2D eigenvalue weighted by molar-refractivity contribution is 0.0774. The summed E-state index contributed by atoms with van der Waals surface area (Å²) in [4.78, 5) is 27.3. The molecule has 0 bridgehead atoms. The van der Waals surface area contributed by atoms with E-state index in [1.54, 1.807) is 47.4 Å². The second-order valence-electron chi connectivity index (χ2n) is 5.51. The Morgan fingerprint density at radius 2 is 1.50 bits per heavy atom. The van der Waals surface area contributed by atoms with Gasteiger partial charge in [-0.15, -0.1) is 0 Å². The van der Waals surface area contributed by atoms with E-state index in [0.29, 0.717) is 35.8 Å². The number of benzene rings is 2. The highest BCUT2D eigenvalue weighted by Gasteiger charge is 2.21. The lowest BCUT2D eigenvalue weighted by Crippen LogP contribution is -2.31. The zero-order valence-corrected chi connectivity index (χ0v) is 15.5. The van der Waals surface area contributed by atoms with Crippen molar-refractivity contribution in [2.24, 2.45) is 0 Å². The summed E-state index contributed by atoms with van der Waals surface area (Å²) >= 11 is 0. The lowest BCUT2D eigenvalue weighted by Gasteiger charge is -2.21. The summed E-state index contributed by atoms with van der Waals surface area (Å²) in [5.41, 5.74) is 1.17. The predicted molar refractivity (Wildman–Crippen MR) is 101 cm³/mol. The lowest BCUT2D eigenvalue weighted by atomic mass is 10.1. The highest BCUT2D eigenvalue weighted by Crippen LogP contribution is 2.29. The number of nitrogens with zero attached hydrogens (tertiary/aromatic N) is 1. The highest BCUT2D eigenvalue weighted by molar-refractivity contribution is 6.11. The Kier molecular flexibility index (Phi) is 6.60. The first-order valence-corrected chi connectivity index (χ1v) is 8.47. The Bertz CT molecular complexity index is 763. The van der Waals surface area contributed by atoms with Gasteiger partial charge in [-0.05, 0) is 38.1 Å². The maximum atomic E-state index is 12.9. The molecule has 138 valence electrons. The standard InChI is InChI=1S/C20H24N2O4/c1-5-22(6-2)20(24)14-10-7-8-11-15(14)21-19(23)18-16(25-3)12-9-13-17(18)26-4/h7-13H,5-6H2,1-4H3,(H,21,23). The maximum absolute atomic E-state index is 12.9. The molecule has 0 saturated carbocycles. The molecule has 0 saturated heterocycles. The predicted octanol–water partition coefficient (Wildman–Crippen LogP) is 3.44. The van der Waals surface area contributed by atoms with Crippen LogP contribution in [0.3, 0.4) is 0 Å². The fourth-order valence-electron chi connectivity index (χ4n) is 2.72. The third-order valence-corrected chi connectivity index (χ3v) is 4.11. The van der Waals surface area contributed by atoms with Gasteiger partial charge >= 0.3 is 0 Å². The van der Waals surface area contributed by atoms with Gasteiger partial charge in [-0.3, -0.25) is 9.59 Å². The van der Waals surface area contributed by atoms with Gasteiger partial charge < -0.3 is 19.7 Å². The summed E-state index contributed by atoms with van der Waals surface area (Å²) in [7, 11) is 2.98. The van der Waals surface area contributed by atoms with E-state index >= 15 is 0 Å². The minimum atomic E-state index is -0.404. The van der Waals surface area contributed by atoms with E-state index in [1.807, 2.05) is 13.8 Å². The van der Waals surface area contributed by atoms with Gasteiger partial charge in [0.15, 0.2) is 0 Å². The third kappa shape index (κ3) is 3.96. The van der Waals surface area contributed by atoms with Crippen LogP contribution in [0, 0.1) is 0 Å². The van der Waals surface area contributed by atoms with Gasteiger partial charge in [-0.1, -0.05) is 18.2 Å². The number of nitrogens with one attached hydrogen (secondary N) is 1. The molecule has 26 heavy (non-hydrogen) atoms. The SMILES string of the molecule is CCN(CC)C(=O)c1ccccc1NC(=O)c1c(OC)cccc1OC. The quantitative estimate of drug-likeness (QED) is 0.825. The Morgan fingerprint density at radius 3 is 2.04 bits per heavy atom. The average molecular weight is 356 g/mol. The van der Waals surface area contributed by atoms with Gasteiger partial charge in [-0.2, -0.15) is 0 Å². The van der Waals surface area contributed by atoms with E-state index in [9.17, 15) is 9.59 Å². The fraction of sp³-hybridized carbons (Fsp3) is 0.300. The maximum Gasteiger partial charge on any atom is 0.263 e. The van der Waals surface area contributed by atoms with Crippen molar-refractivity contribution in [1.29, 1.82) is 0 Å². The van der Waals surface area contributed by atoms with Gasteiger partial charge in [0.25, 0.3) is 11.8 Å². The van der Waals surface area contributed by atoms with Crippen LogP contribution in [0.1, 0.15) is 34.6 Å². The second-order valence-corrected chi connectivity index (χ2v) is 5.51. The first-order valence-electron chi connectivity index (χ1n) is 8.47. The Hall–Kier alpha value is -3.02. The third-order valence-electron chi connectivity index (χ3n) is 4.11. The molecule has 0 spiro atoms. The van der Waals surface area contributed by atoms with Crippen molar-refractivity contribution in [3.05, 3.63) is 53.6 Å². The molecule has 0 aliphatic carbocycles. The number of hydrogen-bond donors (Lipinski definition) is 1. The number of hydrogen-bond acceptors (Lipinski definition) is 4. The summed E-state index contributed by atoms with van der Waals surface area (Å²) in [5.74, 6) is 0.265. The van der Waals surface area contributed by atoms with Gasteiger partial charge in [0.2, 0.25) is 0 Å². The number of anilines is 1. The van der Waals surface area contributed by atoms with Crippen molar-refractivity contribution < 1.29 is 19.1 Å². The van der Waals surface area contributed by atoms with Crippen LogP contribution in [0.25, 0.3) is 0 Å². The molecule has 2 aromatic rings. The van der Waals surface area contributed by atoms with Crippen LogP contribution in [0.15, 0.2) is 42.5 Å². The van der Waals surface area contributed by atoms with Crippen molar-refractivity contribution >= 4 is 17.5 Å². The number of ether oxygens (including phenoxy) is 2. The number of rotatable bonds is 7. The number of carbonyl (C=O) groups is 2. The molecular formula is C20H24N2O4. The van der Waals surface area contributed by atoms with Crippen molar-refractivity contribution in [2.45, 2.75) is 13.8 Å². The van der Waals surface area contributed by atoms with Crippen molar-refractivity contribution in [2.75, 3.05) is 32.6 Å². The molecule has 0 aliphatic rings. The summed E-state index contributed by atoms with van der Waals surface area (Å²) in [6.45, 7) is 5.03. The molecule has 1 N–H and O–H groups in total. The largest absolute Gasteiger partial charge is 0.496 e. The minimum Gasteiger partial charge on any atom is -0.496 e. The van der Waals surface area contributed by atoms with Crippen LogP contribution in [-0.4, -0.2) is 44.0 Å². The molecular weight excluding hydrogens is 332 g/mol. The second kappa shape index (κ2) is 8.89. The van der Waals surface area contributed by atoms with E-state index in [2.05, 4.69) is 5.32 Å². The van der Waals surface area contributed by atoms with E-state index in [1.165, 1.54) is 14.2 Å². The van der Waals surface area contributed by atoms with Crippen LogP contribution in [-0.2, 0) is 0 Å². The molecule has 2 aromatic carbocycles. The van der Waals surface area contributed by atoms with Crippen LogP contribution in [0.2, 0.25) is 0 Å². The Labute approximate surface area is 153 Å². The molecule has 2 amide bonds.